The number of nitrogens with one attached hydrogen (secondary N) is 2. The van der Waals surface area contributed by atoms with Crippen molar-refractivity contribution in [3.8, 4) is 5.88 Å². The molecule has 3 rings (SSSR count). The van der Waals surface area contributed by atoms with Crippen LogP contribution in [-0.4, -0.2) is 25.0 Å². The van der Waals surface area contributed by atoms with Gasteiger partial charge in [0.25, 0.3) is 0 Å². The predicted octanol–water partition coefficient (Wildman–Crippen LogP) is 2.58. The third-order valence-electron chi connectivity index (χ3n) is 3.87. The van der Waals surface area contributed by atoms with Crippen molar-refractivity contribution in [3.63, 3.8) is 0 Å². The number of para-hydroxylation sites is 1. The third kappa shape index (κ3) is 2.79. The normalized spacial score (nSPS) is 11.4. The molecule has 1 aromatic carbocycles. The van der Waals surface area contributed by atoms with Crippen LogP contribution in [0.15, 0.2) is 30.5 Å². The minimum absolute atomic E-state index is 0.0938. The molecule has 0 saturated heterocycles. The van der Waals surface area contributed by atoms with E-state index in [0.717, 1.165) is 21.2 Å². The average Bonchev–Trinajstić information content (AvgIpc) is 2.92. The largest absolute Gasteiger partial charge is 0.492 e. The van der Waals surface area contributed by atoms with Gasteiger partial charge in [0.2, 0.25) is 5.88 Å². The van der Waals surface area contributed by atoms with Gasteiger partial charge in [-0.25, -0.2) is 4.98 Å². The second-order valence-electron chi connectivity index (χ2n) is 6.12. The van der Waals surface area contributed by atoms with E-state index in [9.17, 15) is 10.3 Å². The fourth-order valence-corrected chi connectivity index (χ4v) is 2.74. The summed E-state index contributed by atoms with van der Waals surface area (Å²) in [6, 6.07) is 7.86. The highest BCUT2D eigenvalue weighted by Gasteiger charge is 2.16. The van der Waals surface area contributed by atoms with Crippen LogP contribution in [0.25, 0.3) is 10.9 Å². The van der Waals surface area contributed by atoms with Gasteiger partial charge in [-0.05, 0) is 24.0 Å². The zero-order chi connectivity index (χ0) is 16.6. The van der Waals surface area contributed by atoms with Crippen molar-refractivity contribution in [3.05, 3.63) is 52.9 Å². The van der Waals surface area contributed by atoms with Gasteiger partial charge in [0, 0.05) is 23.5 Å². The maximum atomic E-state index is 10.2. The van der Waals surface area contributed by atoms with Crippen LogP contribution in [0.1, 0.15) is 30.8 Å². The number of fused-ring (bicyclic) bond motifs is 1. The van der Waals surface area contributed by atoms with Gasteiger partial charge in [-0.2, -0.15) is 4.73 Å². The van der Waals surface area contributed by atoms with Crippen molar-refractivity contribution in [2.75, 3.05) is 0 Å². The molecule has 0 aliphatic heterocycles. The van der Waals surface area contributed by atoms with E-state index in [1.165, 1.54) is 0 Å². The van der Waals surface area contributed by atoms with Gasteiger partial charge in [0.05, 0.1) is 5.69 Å². The Bertz CT molecular complexity index is 909. The maximum Gasteiger partial charge on any atom is 0.235 e. The van der Waals surface area contributed by atoms with Crippen molar-refractivity contribution in [2.45, 2.75) is 26.7 Å². The van der Waals surface area contributed by atoms with Crippen LogP contribution in [0.3, 0.4) is 0 Å². The molecule has 0 radical (unpaired) electrons. The number of benzene rings is 1. The summed E-state index contributed by atoms with van der Waals surface area (Å²) in [5.41, 5.74) is 2.49. The molecule has 23 heavy (non-hydrogen) atoms. The summed E-state index contributed by atoms with van der Waals surface area (Å²) in [4.78, 5) is 7.32. The molecule has 0 unspecified atom stereocenters. The smallest absolute Gasteiger partial charge is 0.235 e. The molecule has 6 nitrogen and oxygen atoms in total. The average molecular weight is 312 g/mol. The van der Waals surface area contributed by atoms with E-state index >= 15 is 0 Å². The first kappa shape index (κ1) is 15.1. The molecule has 0 spiro atoms. The summed E-state index contributed by atoms with van der Waals surface area (Å²) in [7, 11) is 0. The molecular formula is C17H20N4O2. The number of aromatic hydroxyl groups is 1. The fraction of sp³-hybridized carbons (Fsp3) is 0.294. The molecule has 2 aromatic heterocycles. The van der Waals surface area contributed by atoms with Gasteiger partial charge in [0.15, 0.2) is 5.49 Å². The number of hydrogen-bond acceptors (Lipinski definition) is 4. The van der Waals surface area contributed by atoms with E-state index in [2.05, 4.69) is 9.97 Å². The molecule has 3 aromatic rings. The fourth-order valence-electron chi connectivity index (χ4n) is 2.74. The van der Waals surface area contributed by atoms with Crippen LogP contribution in [0, 0.1) is 11.3 Å². The van der Waals surface area contributed by atoms with Crippen LogP contribution in [0.2, 0.25) is 0 Å². The number of nitrogens with zero attached hydrogens (tertiary/aromatic N) is 2. The monoisotopic (exact) mass is 312 g/mol. The lowest BCUT2D eigenvalue weighted by Gasteiger charge is -2.13. The Morgan fingerprint density at radius 1 is 1.30 bits per heavy atom. The minimum atomic E-state index is -0.216. The van der Waals surface area contributed by atoms with Crippen molar-refractivity contribution in [1.29, 1.82) is 5.41 Å². The van der Waals surface area contributed by atoms with Gasteiger partial charge in [0.1, 0.15) is 5.69 Å². The maximum absolute atomic E-state index is 10.2. The summed E-state index contributed by atoms with van der Waals surface area (Å²) < 4.78 is 0.743. The molecule has 0 aliphatic carbocycles. The highest BCUT2D eigenvalue weighted by molar-refractivity contribution is 5.83. The van der Waals surface area contributed by atoms with Crippen LogP contribution in [-0.2, 0) is 12.8 Å². The molecule has 4 N–H and O–H groups in total. The number of rotatable bonds is 4. The lowest BCUT2D eigenvalue weighted by atomic mass is 10.1. The topological polar surface area (TPSA) is 97.9 Å². The molecule has 6 heteroatoms. The minimum Gasteiger partial charge on any atom is -0.492 e. The first-order chi connectivity index (χ1) is 11.0. The molecule has 0 saturated carbocycles. The van der Waals surface area contributed by atoms with E-state index in [1.54, 1.807) is 0 Å². The quantitative estimate of drug-likeness (QED) is 0.557. The Hall–Kier alpha value is -2.76. The van der Waals surface area contributed by atoms with Gasteiger partial charge < -0.3 is 15.3 Å². The first-order valence-electron chi connectivity index (χ1n) is 7.60. The van der Waals surface area contributed by atoms with E-state index in [0.29, 0.717) is 18.5 Å². The van der Waals surface area contributed by atoms with E-state index in [1.807, 2.05) is 44.3 Å². The second kappa shape index (κ2) is 5.79. The van der Waals surface area contributed by atoms with Gasteiger partial charge in [-0.1, -0.05) is 32.0 Å². The molecule has 2 heterocycles. The molecule has 0 atom stereocenters. The number of H-pyrrole nitrogens is 1. The number of hydrogen-bond donors (Lipinski definition) is 4. The Balaban J connectivity index is 2.02. The van der Waals surface area contributed by atoms with Crippen molar-refractivity contribution < 1.29 is 10.3 Å². The first-order valence-corrected chi connectivity index (χ1v) is 7.60. The zero-order valence-corrected chi connectivity index (χ0v) is 13.2. The highest BCUT2D eigenvalue weighted by Crippen LogP contribution is 2.21. The Labute approximate surface area is 133 Å². The third-order valence-corrected chi connectivity index (χ3v) is 3.87. The van der Waals surface area contributed by atoms with Crippen LogP contribution < -0.4 is 5.49 Å². The molecule has 0 amide bonds. The van der Waals surface area contributed by atoms with Crippen LogP contribution in [0.4, 0.5) is 0 Å². The van der Waals surface area contributed by atoms with E-state index < -0.39 is 0 Å². The second-order valence-corrected chi connectivity index (χ2v) is 6.12. The lowest BCUT2D eigenvalue weighted by Crippen LogP contribution is -2.27. The molecular weight excluding hydrogens is 292 g/mol. The van der Waals surface area contributed by atoms with E-state index in [4.69, 9.17) is 5.41 Å². The standard InChI is InChI=1S/C17H20N4O2/c1-10(2)7-15-17(22)20-14(16(18)21(15)23)8-11-9-19-13-6-4-3-5-12(11)13/h3-6,9-10,18-19,22-23H,7-8H2,1-2H3. The predicted molar refractivity (Wildman–Crippen MR) is 86.6 cm³/mol. The van der Waals surface area contributed by atoms with Crippen molar-refractivity contribution in [2.24, 2.45) is 5.92 Å². The summed E-state index contributed by atoms with van der Waals surface area (Å²) in [6.45, 7) is 3.95. The van der Waals surface area contributed by atoms with Crippen molar-refractivity contribution in [1.82, 2.24) is 14.7 Å². The number of aromatic nitrogens is 3. The molecule has 120 valence electrons. The lowest BCUT2D eigenvalue weighted by molar-refractivity contribution is 0.151. The summed E-state index contributed by atoms with van der Waals surface area (Å²) in [6.07, 6.45) is 2.68. The molecule has 0 fully saturated rings. The molecule has 0 aliphatic rings. The summed E-state index contributed by atoms with van der Waals surface area (Å²) >= 11 is 0. The van der Waals surface area contributed by atoms with Gasteiger partial charge in [-0.15, -0.1) is 0 Å². The van der Waals surface area contributed by atoms with Gasteiger partial charge in [-0.3, -0.25) is 5.41 Å². The van der Waals surface area contributed by atoms with Gasteiger partial charge >= 0.3 is 0 Å². The summed E-state index contributed by atoms with van der Waals surface area (Å²) in [5.74, 6) is 0.0204. The Morgan fingerprint density at radius 2 is 2.04 bits per heavy atom. The van der Waals surface area contributed by atoms with E-state index in [-0.39, 0.29) is 23.0 Å². The van der Waals surface area contributed by atoms with Crippen molar-refractivity contribution >= 4 is 10.9 Å². The zero-order valence-electron chi connectivity index (χ0n) is 13.2. The summed E-state index contributed by atoms with van der Waals surface area (Å²) in [5, 5.41) is 29.4. The number of aromatic amines is 1. The highest BCUT2D eigenvalue weighted by atomic mass is 16.5. The molecule has 0 bridgehead atoms. The van der Waals surface area contributed by atoms with Crippen LogP contribution >= 0.6 is 0 Å². The Kier molecular flexibility index (Phi) is 3.82. The van der Waals surface area contributed by atoms with Crippen LogP contribution in [0.5, 0.6) is 5.88 Å². The Morgan fingerprint density at radius 3 is 2.78 bits per heavy atom. The SMILES string of the molecule is CC(C)Cc1c(O)nc(Cc2c[nH]c3ccccc23)c(=N)n1O.